The highest BCUT2D eigenvalue weighted by Crippen LogP contribution is 2.51. The Morgan fingerprint density at radius 3 is 2.41 bits per heavy atom. The topological polar surface area (TPSA) is 50.4 Å². The lowest BCUT2D eigenvalue weighted by atomic mass is 9.56. The van der Waals surface area contributed by atoms with Crippen LogP contribution in [-0.4, -0.2) is 37.7 Å². The summed E-state index contributed by atoms with van der Waals surface area (Å²) in [4.78, 5) is 12.3. The number of hydrogen-bond acceptors (Lipinski definition) is 3. The summed E-state index contributed by atoms with van der Waals surface area (Å²) >= 11 is 0. The summed E-state index contributed by atoms with van der Waals surface area (Å²) in [5, 5.41) is 6.62. The number of piperidine rings is 1. The van der Waals surface area contributed by atoms with Gasteiger partial charge >= 0.3 is 0 Å². The Bertz CT molecular complexity index is 383. The highest BCUT2D eigenvalue weighted by Gasteiger charge is 2.58. The molecule has 3 atom stereocenters. The van der Waals surface area contributed by atoms with Crippen molar-refractivity contribution >= 4 is 18.3 Å². The maximum atomic E-state index is 12.3. The average Bonchev–Trinajstić information content (AvgIpc) is 2.47. The van der Waals surface area contributed by atoms with E-state index in [1.807, 2.05) is 0 Å². The number of amides is 1. The van der Waals surface area contributed by atoms with E-state index in [1.165, 1.54) is 12.8 Å². The summed E-state index contributed by atoms with van der Waals surface area (Å²) in [6, 6.07) is 0.232. The highest BCUT2D eigenvalue weighted by molar-refractivity contribution is 5.85. The van der Waals surface area contributed by atoms with Gasteiger partial charge in [0.2, 0.25) is 5.91 Å². The van der Waals surface area contributed by atoms with E-state index in [0.717, 1.165) is 19.5 Å². The van der Waals surface area contributed by atoms with Crippen LogP contribution >= 0.6 is 12.4 Å². The van der Waals surface area contributed by atoms with Gasteiger partial charge in [0.1, 0.15) is 0 Å². The van der Waals surface area contributed by atoms with E-state index >= 15 is 0 Å². The van der Waals surface area contributed by atoms with E-state index in [0.29, 0.717) is 18.3 Å². The second kappa shape index (κ2) is 7.50. The molecule has 0 aromatic carbocycles. The van der Waals surface area contributed by atoms with Gasteiger partial charge in [0.05, 0.1) is 5.60 Å². The number of nitrogens with one attached hydrogen (secondary N) is 2. The quantitative estimate of drug-likeness (QED) is 0.814. The Morgan fingerprint density at radius 1 is 1.32 bits per heavy atom. The molecule has 1 saturated heterocycles. The molecule has 0 bridgehead atoms. The Morgan fingerprint density at radius 2 is 1.91 bits per heavy atom. The van der Waals surface area contributed by atoms with Crippen LogP contribution in [0.25, 0.3) is 0 Å². The number of carbonyl (C=O) groups excluding carboxylic acids is 1. The first kappa shape index (κ1) is 19.7. The first-order valence-corrected chi connectivity index (χ1v) is 8.35. The molecule has 0 radical (unpaired) electrons. The molecule has 1 heterocycles. The molecule has 0 spiro atoms. The largest absolute Gasteiger partial charge is 0.378 e. The molecule has 2 aliphatic rings. The summed E-state index contributed by atoms with van der Waals surface area (Å²) in [5.74, 6) is 1.37. The standard InChI is InChI=1S/C17H32N2O2.ClH/c1-12(13-6-8-18-9-7-13)10-15(20)19-14-11-17(4,21-5)16(14,2)3;/h12-14,18H,6-11H2,1-5H3,(H,19,20);1H. The molecular weight excluding hydrogens is 300 g/mol. The fraction of sp³-hybridized carbons (Fsp3) is 0.941. The molecule has 1 aliphatic carbocycles. The molecule has 1 aliphatic heterocycles. The van der Waals surface area contributed by atoms with E-state index in [1.54, 1.807) is 7.11 Å². The summed E-state index contributed by atoms with van der Waals surface area (Å²) in [6.45, 7) is 10.9. The predicted molar refractivity (Wildman–Crippen MR) is 92.4 cm³/mol. The smallest absolute Gasteiger partial charge is 0.220 e. The van der Waals surface area contributed by atoms with E-state index in [9.17, 15) is 4.79 Å². The number of rotatable bonds is 5. The molecule has 4 nitrogen and oxygen atoms in total. The highest BCUT2D eigenvalue weighted by atomic mass is 35.5. The monoisotopic (exact) mass is 332 g/mol. The van der Waals surface area contributed by atoms with Crippen LogP contribution < -0.4 is 10.6 Å². The van der Waals surface area contributed by atoms with Crippen LogP contribution in [0.2, 0.25) is 0 Å². The van der Waals surface area contributed by atoms with Crippen LogP contribution in [0.1, 0.15) is 53.4 Å². The Labute approximate surface area is 141 Å². The minimum absolute atomic E-state index is 0. The maximum Gasteiger partial charge on any atom is 0.220 e. The van der Waals surface area contributed by atoms with Gasteiger partial charge in [0, 0.05) is 25.0 Å². The third kappa shape index (κ3) is 3.77. The zero-order valence-electron chi connectivity index (χ0n) is 14.7. The van der Waals surface area contributed by atoms with Crippen molar-refractivity contribution in [2.24, 2.45) is 17.3 Å². The van der Waals surface area contributed by atoms with Crippen molar-refractivity contribution in [3.8, 4) is 0 Å². The molecule has 1 saturated carbocycles. The Balaban J connectivity index is 0.00000242. The minimum Gasteiger partial charge on any atom is -0.378 e. The zero-order valence-corrected chi connectivity index (χ0v) is 15.5. The van der Waals surface area contributed by atoms with Gasteiger partial charge < -0.3 is 15.4 Å². The van der Waals surface area contributed by atoms with Gasteiger partial charge in [-0.1, -0.05) is 20.8 Å². The van der Waals surface area contributed by atoms with Crippen LogP contribution in [0, 0.1) is 17.3 Å². The van der Waals surface area contributed by atoms with Crippen molar-refractivity contribution in [1.29, 1.82) is 0 Å². The number of hydrogen-bond donors (Lipinski definition) is 2. The molecule has 3 unspecified atom stereocenters. The van der Waals surface area contributed by atoms with Gasteiger partial charge in [-0.15, -0.1) is 12.4 Å². The lowest BCUT2D eigenvalue weighted by Gasteiger charge is -2.59. The van der Waals surface area contributed by atoms with E-state index in [-0.39, 0.29) is 35.4 Å². The van der Waals surface area contributed by atoms with E-state index in [4.69, 9.17) is 4.74 Å². The number of halogens is 1. The van der Waals surface area contributed by atoms with Crippen molar-refractivity contribution in [1.82, 2.24) is 10.6 Å². The molecular formula is C17H33ClN2O2. The Hall–Kier alpha value is -0.320. The lowest BCUT2D eigenvalue weighted by molar-refractivity contribution is -0.182. The third-order valence-corrected chi connectivity index (χ3v) is 6.31. The van der Waals surface area contributed by atoms with Crippen LogP contribution in [0.5, 0.6) is 0 Å². The van der Waals surface area contributed by atoms with Gasteiger partial charge in [-0.2, -0.15) is 0 Å². The molecule has 2 fully saturated rings. The summed E-state index contributed by atoms with van der Waals surface area (Å²) in [6.07, 6.45) is 3.96. The number of carbonyl (C=O) groups is 1. The second-order valence-electron chi connectivity index (χ2n) is 7.75. The summed E-state index contributed by atoms with van der Waals surface area (Å²) < 4.78 is 5.62. The number of methoxy groups -OCH3 is 1. The van der Waals surface area contributed by atoms with Crippen molar-refractivity contribution in [2.75, 3.05) is 20.2 Å². The second-order valence-corrected chi connectivity index (χ2v) is 7.75. The molecule has 22 heavy (non-hydrogen) atoms. The van der Waals surface area contributed by atoms with Crippen LogP contribution in [0.15, 0.2) is 0 Å². The normalized spacial score (nSPS) is 32.5. The Kier molecular flexibility index (Phi) is 6.72. The van der Waals surface area contributed by atoms with Gasteiger partial charge in [-0.05, 0) is 51.1 Å². The zero-order chi connectivity index (χ0) is 15.7. The first-order chi connectivity index (χ1) is 9.80. The van der Waals surface area contributed by atoms with Gasteiger partial charge in [-0.3, -0.25) is 4.79 Å². The molecule has 5 heteroatoms. The molecule has 2 rings (SSSR count). The average molecular weight is 333 g/mol. The van der Waals surface area contributed by atoms with E-state index < -0.39 is 0 Å². The molecule has 2 N–H and O–H groups in total. The summed E-state index contributed by atoms with van der Waals surface area (Å²) in [5.41, 5.74) is -0.124. The lowest BCUT2D eigenvalue weighted by Crippen LogP contribution is -2.68. The maximum absolute atomic E-state index is 12.3. The fourth-order valence-electron chi connectivity index (χ4n) is 3.85. The SMILES string of the molecule is COC1(C)CC(NC(=O)CC(C)C2CCNCC2)C1(C)C.Cl. The molecule has 0 aromatic rings. The van der Waals surface area contributed by atoms with Crippen molar-refractivity contribution in [3.63, 3.8) is 0 Å². The summed E-state index contributed by atoms with van der Waals surface area (Å²) in [7, 11) is 1.76. The van der Waals surface area contributed by atoms with Crippen LogP contribution in [-0.2, 0) is 9.53 Å². The van der Waals surface area contributed by atoms with Gasteiger partial charge in [-0.25, -0.2) is 0 Å². The van der Waals surface area contributed by atoms with Gasteiger partial charge in [0.25, 0.3) is 0 Å². The van der Waals surface area contributed by atoms with Crippen molar-refractivity contribution in [3.05, 3.63) is 0 Å². The van der Waals surface area contributed by atoms with Crippen molar-refractivity contribution in [2.45, 2.75) is 65.0 Å². The third-order valence-electron chi connectivity index (χ3n) is 6.31. The number of ether oxygens (including phenoxy) is 1. The van der Waals surface area contributed by atoms with Crippen molar-refractivity contribution < 1.29 is 9.53 Å². The first-order valence-electron chi connectivity index (χ1n) is 8.35. The predicted octanol–water partition coefficient (Wildman–Crippen LogP) is 2.75. The molecule has 0 aromatic heterocycles. The van der Waals surface area contributed by atoms with Gasteiger partial charge in [0.15, 0.2) is 0 Å². The molecule has 1 amide bonds. The molecule has 130 valence electrons. The minimum atomic E-state index is -0.119. The van der Waals surface area contributed by atoms with E-state index in [2.05, 4.69) is 38.3 Å². The fourth-order valence-corrected chi connectivity index (χ4v) is 3.85. The van der Waals surface area contributed by atoms with Crippen LogP contribution in [0.4, 0.5) is 0 Å². The van der Waals surface area contributed by atoms with Crippen LogP contribution in [0.3, 0.4) is 0 Å².